The minimum absolute atomic E-state index is 0.191. The molecule has 0 bridgehead atoms. The molecule has 0 aliphatic carbocycles. The maximum absolute atomic E-state index is 13.1. The molecular weight excluding hydrogens is 474 g/mol. The first kappa shape index (κ1) is 27.5. The van der Waals surface area contributed by atoms with E-state index >= 15 is 0 Å². The van der Waals surface area contributed by atoms with Crippen LogP contribution in [0.2, 0.25) is 0 Å². The van der Waals surface area contributed by atoms with Gasteiger partial charge in [-0.3, -0.25) is 4.79 Å². The molecule has 1 heterocycles. The number of para-hydroxylation sites is 2. The van der Waals surface area contributed by atoms with E-state index in [0.717, 1.165) is 11.4 Å². The van der Waals surface area contributed by atoms with Gasteiger partial charge >= 0.3 is 6.03 Å². The Kier molecular flexibility index (Phi) is 9.13. The largest absolute Gasteiger partial charge is 0.497 e. The molecule has 0 saturated carbocycles. The third-order valence-corrected chi connectivity index (χ3v) is 5.60. The highest BCUT2D eigenvalue weighted by Crippen LogP contribution is 2.27. The molecule has 3 amide bonds. The molecule has 2 aromatic carbocycles. The number of nitrogens with one attached hydrogen (secondary N) is 2. The number of benzene rings is 2. The maximum atomic E-state index is 13.1. The minimum atomic E-state index is -0.448. The lowest BCUT2D eigenvalue weighted by Gasteiger charge is -2.23. The van der Waals surface area contributed by atoms with Crippen LogP contribution in [-0.2, 0) is 14.9 Å². The van der Waals surface area contributed by atoms with Crippen LogP contribution in [0.5, 0.6) is 11.5 Å². The van der Waals surface area contributed by atoms with Crippen molar-refractivity contribution < 1.29 is 23.8 Å². The Morgan fingerprint density at radius 3 is 2.30 bits per heavy atom. The fraction of sp³-hybridized carbons (Fsp3) is 0.370. The van der Waals surface area contributed by atoms with E-state index < -0.39 is 6.03 Å². The highest BCUT2D eigenvalue weighted by molar-refractivity contribution is 5.97. The molecule has 0 spiro atoms. The fourth-order valence-electron chi connectivity index (χ4n) is 3.51. The van der Waals surface area contributed by atoms with Gasteiger partial charge in [0.15, 0.2) is 0 Å². The number of carbonyl (C=O) groups excluding carboxylic acids is 2. The predicted molar refractivity (Wildman–Crippen MR) is 143 cm³/mol. The summed E-state index contributed by atoms with van der Waals surface area (Å²) in [6.45, 7) is 6.44. The van der Waals surface area contributed by atoms with Gasteiger partial charge in [-0.15, -0.1) is 0 Å². The summed E-state index contributed by atoms with van der Waals surface area (Å²) in [4.78, 5) is 27.6. The molecular formula is C27H35N5O5. The number of ether oxygens (including phenoxy) is 3. The summed E-state index contributed by atoms with van der Waals surface area (Å²) in [7, 11) is 4.67. The van der Waals surface area contributed by atoms with Crippen molar-refractivity contribution in [3.8, 4) is 17.2 Å². The van der Waals surface area contributed by atoms with Crippen molar-refractivity contribution in [2.75, 3.05) is 51.7 Å². The first-order valence-corrected chi connectivity index (χ1v) is 11.9. The molecule has 10 nitrogen and oxygen atoms in total. The molecule has 3 aromatic rings. The van der Waals surface area contributed by atoms with Crippen LogP contribution in [0.15, 0.2) is 54.6 Å². The van der Waals surface area contributed by atoms with Gasteiger partial charge in [-0.1, -0.05) is 32.9 Å². The van der Waals surface area contributed by atoms with Crippen LogP contribution < -0.4 is 20.1 Å². The van der Waals surface area contributed by atoms with Crippen molar-refractivity contribution >= 4 is 23.4 Å². The van der Waals surface area contributed by atoms with Crippen molar-refractivity contribution in [1.29, 1.82) is 0 Å². The van der Waals surface area contributed by atoms with E-state index in [-0.39, 0.29) is 31.0 Å². The van der Waals surface area contributed by atoms with Crippen LogP contribution in [0.25, 0.3) is 5.69 Å². The van der Waals surface area contributed by atoms with Crippen LogP contribution in [0.4, 0.5) is 16.3 Å². The van der Waals surface area contributed by atoms with Gasteiger partial charge in [0.1, 0.15) is 23.9 Å². The van der Waals surface area contributed by atoms with E-state index in [9.17, 15) is 9.59 Å². The predicted octanol–water partition coefficient (Wildman–Crippen LogP) is 4.31. The molecule has 10 heteroatoms. The van der Waals surface area contributed by atoms with Gasteiger partial charge in [-0.2, -0.15) is 5.10 Å². The molecule has 0 aliphatic rings. The summed E-state index contributed by atoms with van der Waals surface area (Å²) in [5.74, 6) is 1.36. The molecule has 0 radical (unpaired) electrons. The summed E-state index contributed by atoms with van der Waals surface area (Å²) in [5.41, 5.74) is 1.84. The number of anilines is 2. The van der Waals surface area contributed by atoms with Gasteiger partial charge in [-0.25, -0.2) is 9.48 Å². The highest BCUT2D eigenvalue weighted by Gasteiger charge is 2.23. The number of urea groups is 1. The Morgan fingerprint density at radius 2 is 1.68 bits per heavy atom. The Bertz CT molecular complexity index is 1200. The number of hydrogen-bond donors (Lipinski definition) is 2. The second-order valence-corrected chi connectivity index (χ2v) is 9.37. The Balaban J connectivity index is 1.82. The van der Waals surface area contributed by atoms with Crippen LogP contribution in [-0.4, -0.2) is 67.6 Å². The quantitative estimate of drug-likeness (QED) is 0.422. The lowest BCUT2D eigenvalue weighted by Crippen LogP contribution is -2.42. The van der Waals surface area contributed by atoms with E-state index in [4.69, 9.17) is 19.3 Å². The second-order valence-electron chi connectivity index (χ2n) is 9.37. The third-order valence-electron chi connectivity index (χ3n) is 5.60. The number of carbonyl (C=O) groups is 2. The molecule has 0 unspecified atom stereocenters. The molecule has 0 atom stereocenters. The van der Waals surface area contributed by atoms with Gasteiger partial charge in [0, 0.05) is 25.1 Å². The van der Waals surface area contributed by atoms with Gasteiger partial charge in [0.05, 0.1) is 37.9 Å². The molecule has 0 fully saturated rings. The van der Waals surface area contributed by atoms with Gasteiger partial charge in [0.25, 0.3) is 0 Å². The van der Waals surface area contributed by atoms with Crippen LogP contribution in [0.1, 0.15) is 26.5 Å². The average molecular weight is 510 g/mol. The Labute approximate surface area is 217 Å². The number of methoxy groups -OCH3 is 3. The van der Waals surface area contributed by atoms with E-state index in [2.05, 4.69) is 10.6 Å². The van der Waals surface area contributed by atoms with Crippen molar-refractivity contribution in [1.82, 2.24) is 14.7 Å². The first-order chi connectivity index (χ1) is 17.7. The zero-order valence-corrected chi connectivity index (χ0v) is 22.2. The number of aromatic nitrogens is 2. The summed E-state index contributed by atoms with van der Waals surface area (Å²) in [5, 5.41) is 10.5. The molecule has 37 heavy (non-hydrogen) atoms. The van der Waals surface area contributed by atoms with E-state index in [1.54, 1.807) is 30.0 Å². The standard InChI is InChI=1S/C27H35N5O5/c1-27(2,3)23-17-24(32(30-23)19-11-13-20(36-5)14-12-19)29-25(33)18-31(15-16-35-4)26(34)28-21-9-7-8-10-22(21)37-6/h7-14,17H,15-16,18H2,1-6H3,(H,28,34)(H,29,33). The van der Waals surface area contributed by atoms with Gasteiger partial charge < -0.3 is 29.7 Å². The molecule has 0 saturated heterocycles. The molecule has 3 rings (SSSR count). The molecule has 198 valence electrons. The lowest BCUT2D eigenvalue weighted by molar-refractivity contribution is -0.116. The molecule has 1 aromatic heterocycles. The van der Waals surface area contributed by atoms with Crippen molar-refractivity contribution in [2.45, 2.75) is 26.2 Å². The third kappa shape index (κ3) is 7.23. The van der Waals surface area contributed by atoms with Crippen molar-refractivity contribution in [3.05, 3.63) is 60.3 Å². The molecule has 2 N–H and O–H groups in total. The second kappa shape index (κ2) is 12.3. The van der Waals surface area contributed by atoms with Crippen LogP contribution >= 0.6 is 0 Å². The average Bonchev–Trinajstić information content (AvgIpc) is 3.31. The number of amides is 3. The van der Waals surface area contributed by atoms with Gasteiger partial charge in [-0.05, 0) is 36.4 Å². The number of rotatable bonds is 10. The fourth-order valence-corrected chi connectivity index (χ4v) is 3.51. The maximum Gasteiger partial charge on any atom is 0.322 e. The number of hydrogen-bond acceptors (Lipinski definition) is 6. The SMILES string of the molecule is COCCN(CC(=O)Nc1cc(C(C)(C)C)nn1-c1ccc(OC)cc1)C(=O)Nc1ccccc1OC. The minimum Gasteiger partial charge on any atom is -0.497 e. The monoisotopic (exact) mass is 509 g/mol. The first-order valence-electron chi connectivity index (χ1n) is 11.9. The van der Waals surface area contributed by atoms with E-state index in [0.29, 0.717) is 23.0 Å². The Hall–Kier alpha value is -4.05. The van der Waals surface area contributed by atoms with Crippen LogP contribution in [0.3, 0.4) is 0 Å². The normalized spacial score (nSPS) is 11.1. The van der Waals surface area contributed by atoms with Crippen molar-refractivity contribution in [2.24, 2.45) is 0 Å². The molecule has 0 aliphatic heterocycles. The summed E-state index contributed by atoms with van der Waals surface area (Å²) in [6, 6.07) is 15.8. The van der Waals surface area contributed by atoms with Crippen LogP contribution in [0, 0.1) is 0 Å². The lowest BCUT2D eigenvalue weighted by atomic mass is 9.92. The zero-order chi connectivity index (χ0) is 27.0. The van der Waals surface area contributed by atoms with E-state index in [1.165, 1.54) is 19.1 Å². The Morgan fingerprint density at radius 1 is 0.973 bits per heavy atom. The number of nitrogens with zero attached hydrogens (tertiary/aromatic N) is 3. The summed E-state index contributed by atoms with van der Waals surface area (Å²) in [6.07, 6.45) is 0. The topological polar surface area (TPSA) is 107 Å². The van der Waals surface area contributed by atoms with E-state index in [1.807, 2.05) is 57.2 Å². The summed E-state index contributed by atoms with van der Waals surface area (Å²) < 4.78 is 17.4. The van der Waals surface area contributed by atoms with Gasteiger partial charge in [0.2, 0.25) is 5.91 Å². The van der Waals surface area contributed by atoms with Crippen molar-refractivity contribution in [3.63, 3.8) is 0 Å². The smallest absolute Gasteiger partial charge is 0.322 e. The highest BCUT2D eigenvalue weighted by atomic mass is 16.5. The zero-order valence-electron chi connectivity index (χ0n) is 22.2. The summed E-state index contributed by atoms with van der Waals surface area (Å²) >= 11 is 0.